The highest BCUT2D eigenvalue weighted by Gasteiger charge is 2.17. The second-order valence-corrected chi connectivity index (χ2v) is 7.74. The first kappa shape index (κ1) is 26.7. The van der Waals surface area contributed by atoms with Crippen LogP contribution in [0.4, 0.5) is 11.4 Å². The molecule has 3 aromatic carbocycles. The van der Waals surface area contributed by atoms with Crippen molar-refractivity contribution in [1.82, 2.24) is 0 Å². The van der Waals surface area contributed by atoms with E-state index in [9.17, 15) is 25.0 Å². The van der Waals surface area contributed by atoms with E-state index in [1.807, 2.05) is 6.07 Å². The minimum atomic E-state index is -0.808. The van der Waals surface area contributed by atoms with Crippen LogP contribution in [0.25, 0.3) is 6.08 Å². The first-order chi connectivity index (χ1) is 17.7. The number of anilines is 1. The van der Waals surface area contributed by atoms with Gasteiger partial charge in [0.25, 0.3) is 11.6 Å². The fourth-order valence-corrected chi connectivity index (χ4v) is 3.25. The van der Waals surface area contributed by atoms with E-state index in [1.54, 1.807) is 19.1 Å². The number of nitro benzene ring substituents is 1. The zero-order chi connectivity index (χ0) is 26.9. The van der Waals surface area contributed by atoms with E-state index in [-0.39, 0.29) is 46.4 Å². The van der Waals surface area contributed by atoms with Crippen molar-refractivity contribution in [1.29, 1.82) is 5.26 Å². The molecule has 0 saturated carbocycles. The maximum absolute atomic E-state index is 12.8. The highest BCUT2D eigenvalue weighted by atomic mass is 35.5. The van der Waals surface area contributed by atoms with Gasteiger partial charge in [0.2, 0.25) is 0 Å². The minimum Gasteiger partial charge on any atom is -0.495 e. The van der Waals surface area contributed by atoms with Gasteiger partial charge >= 0.3 is 5.97 Å². The van der Waals surface area contributed by atoms with Crippen LogP contribution in [-0.4, -0.2) is 30.5 Å². The van der Waals surface area contributed by atoms with Crippen molar-refractivity contribution < 1.29 is 28.7 Å². The maximum Gasteiger partial charge on any atom is 0.343 e. The molecule has 0 atom stereocenters. The third-order valence-corrected chi connectivity index (χ3v) is 5.12. The predicted octanol–water partition coefficient (Wildman–Crippen LogP) is 5.42. The summed E-state index contributed by atoms with van der Waals surface area (Å²) >= 11 is 5.85. The van der Waals surface area contributed by atoms with E-state index in [0.29, 0.717) is 10.6 Å². The molecule has 10 nitrogen and oxygen atoms in total. The molecule has 3 aromatic rings. The summed E-state index contributed by atoms with van der Waals surface area (Å²) in [6, 6.07) is 16.2. The van der Waals surface area contributed by atoms with Gasteiger partial charge in [-0.05, 0) is 61.0 Å². The molecule has 0 aliphatic heterocycles. The van der Waals surface area contributed by atoms with Crippen LogP contribution in [0, 0.1) is 21.4 Å². The summed E-state index contributed by atoms with van der Waals surface area (Å²) in [6.45, 7) is 2.00. The Hall–Kier alpha value is -4.88. The van der Waals surface area contributed by atoms with Gasteiger partial charge in [0.15, 0.2) is 11.5 Å². The highest BCUT2D eigenvalue weighted by molar-refractivity contribution is 6.30. The second kappa shape index (κ2) is 12.2. The van der Waals surface area contributed by atoms with E-state index in [4.69, 9.17) is 25.8 Å². The van der Waals surface area contributed by atoms with Crippen molar-refractivity contribution in [3.05, 3.63) is 92.5 Å². The number of amides is 1. The van der Waals surface area contributed by atoms with E-state index in [1.165, 1.54) is 55.7 Å². The zero-order valence-corrected chi connectivity index (χ0v) is 20.4. The van der Waals surface area contributed by atoms with Gasteiger partial charge in [-0.15, -0.1) is 0 Å². The fourth-order valence-electron chi connectivity index (χ4n) is 3.12. The Morgan fingerprint density at radius 1 is 1.08 bits per heavy atom. The molecule has 0 fully saturated rings. The summed E-state index contributed by atoms with van der Waals surface area (Å²) in [5.74, 6) is -0.886. The molecule has 0 aliphatic rings. The molecular weight excluding hydrogens is 502 g/mol. The summed E-state index contributed by atoms with van der Waals surface area (Å²) < 4.78 is 16.2. The van der Waals surface area contributed by atoms with E-state index in [2.05, 4.69) is 5.32 Å². The monoisotopic (exact) mass is 521 g/mol. The van der Waals surface area contributed by atoms with Crippen LogP contribution >= 0.6 is 11.6 Å². The maximum atomic E-state index is 12.8. The zero-order valence-electron chi connectivity index (χ0n) is 19.7. The van der Waals surface area contributed by atoms with Gasteiger partial charge in [-0.1, -0.05) is 17.7 Å². The molecule has 37 heavy (non-hydrogen) atoms. The molecule has 1 amide bonds. The topological polar surface area (TPSA) is 141 Å². The lowest BCUT2D eigenvalue weighted by atomic mass is 10.1. The standard InChI is InChI=1S/C26H20ClN3O7/c1-3-36-24-13-16(4-10-23(24)37-26(32)17-5-7-19(27)8-6-17)12-18(15-28)25(31)29-21-14-20(30(33)34)9-11-22(21)35-2/h4-14H,3H2,1-2H3,(H,29,31)/b18-12+. The van der Waals surface area contributed by atoms with Gasteiger partial charge in [0.05, 0.1) is 29.9 Å². The number of esters is 1. The molecule has 188 valence electrons. The van der Waals surface area contributed by atoms with Gasteiger partial charge < -0.3 is 19.5 Å². The number of nitrogens with zero attached hydrogens (tertiary/aromatic N) is 2. The summed E-state index contributed by atoms with van der Waals surface area (Å²) in [4.78, 5) is 35.7. The van der Waals surface area contributed by atoms with Crippen LogP contribution in [0.5, 0.6) is 17.2 Å². The molecule has 0 aromatic heterocycles. The third kappa shape index (κ3) is 6.84. The Kier molecular flexibility index (Phi) is 8.81. The number of nitro groups is 1. The summed E-state index contributed by atoms with van der Waals surface area (Å²) in [7, 11) is 1.34. The van der Waals surface area contributed by atoms with Gasteiger partial charge in [-0.25, -0.2) is 4.79 Å². The SMILES string of the molecule is CCOc1cc(/C=C(\C#N)C(=O)Nc2cc([N+](=O)[O-])ccc2OC)ccc1OC(=O)c1ccc(Cl)cc1. The van der Waals surface area contributed by atoms with Crippen LogP contribution in [0.2, 0.25) is 5.02 Å². The molecule has 0 unspecified atom stereocenters. The van der Waals surface area contributed by atoms with E-state index < -0.39 is 16.8 Å². The minimum absolute atomic E-state index is 0.0299. The Morgan fingerprint density at radius 3 is 2.41 bits per heavy atom. The Balaban J connectivity index is 1.86. The largest absolute Gasteiger partial charge is 0.495 e. The van der Waals surface area contributed by atoms with E-state index in [0.717, 1.165) is 6.07 Å². The van der Waals surface area contributed by atoms with Gasteiger partial charge in [-0.3, -0.25) is 14.9 Å². The summed E-state index contributed by atoms with van der Waals surface area (Å²) in [5, 5.41) is 23.6. The number of carbonyl (C=O) groups excluding carboxylic acids is 2. The van der Waals surface area contributed by atoms with Crippen LogP contribution in [0.3, 0.4) is 0 Å². The molecule has 0 heterocycles. The Morgan fingerprint density at radius 2 is 1.78 bits per heavy atom. The number of benzene rings is 3. The molecule has 0 radical (unpaired) electrons. The number of methoxy groups -OCH3 is 1. The number of non-ortho nitro benzene ring substituents is 1. The van der Waals surface area contributed by atoms with Crippen molar-refractivity contribution in [3.8, 4) is 23.3 Å². The smallest absolute Gasteiger partial charge is 0.343 e. The first-order valence-corrected chi connectivity index (χ1v) is 11.1. The number of nitriles is 1. The van der Waals surface area contributed by atoms with Gasteiger partial charge in [0.1, 0.15) is 17.4 Å². The number of ether oxygens (including phenoxy) is 3. The van der Waals surface area contributed by atoms with E-state index >= 15 is 0 Å². The first-order valence-electron chi connectivity index (χ1n) is 10.8. The number of halogens is 1. The number of hydrogen-bond acceptors (Lipinski definition) is 8. The number of rotatable bonds is 9. The molecule has 0 aliphatic carbocycles. The number of carbonyl (C=O) groups is 2. The highest BCUT2D eigenvalue weighted by Crippen LogP contribution is 2.31. The lowest BCUT2D eigenvalue weighted by Gasteiger charge is -2.12. The second-order valence-electron chi connectivity index (χ2n) is 7.30. The quantitative estimate of drug-likeness (QED) is 0.0982. The third-order valence-electron chi connectivity index (χ3n) is 4.87. The van der Waals surface area contributed by atoms with Gasteiger partial charge in [0, 0.05) is 17.2 Å². The van der Waals surface area contributed by atoms with Crippen molar-refractivity contribution in [2.75, 3.05) is 19.0 Å². The van der Waals surface area contributed by atoms with Crippen LogP contribution in [0.15, 0.2) is 66.2 Å². The van der Waals surface area contributed by atoms with Crippen molar-refractivity contribution >= 4 is 40.9 Å². The van der Waals surface area contributed by atoms with Crippen LogP contribution in [0.1, 0.15) is 22.8 Å². The molecule has 0 bridgehead atoms. The predicted molar refractivity (Wildman–Crippen MR) is 136 cm³/mol. The van der Waals surface area contributed by atoms with Crippen molar-refractivity contribution in [2.24, 2.45) is 0 Å². The van der Waals surface area contributed by atoms with Crippen LogP contribution in [-0.2, 0) is 4.79 Å². The molecule has 11 heteroatoms. The van der Waals surface area contributed by atoms with Crippen molar-refractivity contribution in [2.45, 2.75) is 6.92 Å². The number of nitrogens with one attached hydrogen (secondary N) is 1. The Bertz CT molecular complexity index is 1410. The molecule has 0 spiro atoms. The fraction of sp³-hybridized carbons (Fsp3) is 0.115. The summed E-state index contributed by atoms with van der Waals surface area (Å²) in [5.41, 5.74) is 0.177. The Labute approximate surface area is 216 Å². The molecular formula is C26H20ClN3O7. The van der Waals surface area contributed by atoms with Crippen molar-refractivity contribution in [3.63, 3.8) is 0 Å². The normalized spacial score (nSPS) is 10.7. The molecule has 3 rings (SSSR count). The summed E-state index contributed by atoms with van der Waals surface area (Å²) in [6.07, 6.45) is 1.30. The van der Waals surface area contributed by atoms with Gasteiger partial charge in [-0.2, -0.15) is 5.26 Å². The lowest BCUT2D eigenvalue weighted by molar-refractivity contribution is -0.384. The molecule has 0 saturated heterocycles. The average Bonchev–Trinajstić information content (AvgIpc) is 2.88. The average molecular weight is 522 g/mol. The lowest BCUT2D eigenvalue weighted by Crippen LogP contribution is -2.14. The van der Waals surface area contributed by atoms with Crippen LogP contribution < -0.4 is 19.5 Å². The molecule has 1 N–H and O–H groups in total. The number of hydrogen-bond donors (Lipinski definition) is 1.